The van der Waals surface area contributed by atoms with Gasteiger partial charge in [0, 0.05) is 13.1 Å². The summed E-state index contributed by atoms with van der Waals surface area (Å²) in [5.74, 6) is -0.894. The van der Waals surface area contributed by atoms with Crippen LogP contribution in [-0.2, 0) is 16.1 Å². The van der Waals surface area contributed by atoms with Crippen LogP contribution in [0.15, 0.2) is 18.2 Å². The van der Waals surface area contributed by atoms with E-state index in [9.17, 15) is 14.3 Å². The third kappa shape index (κ3) is 6.00. The summed E-state index contributed by atoms with van der Waals surface area (Å²) in [7, 11) is 0. The number of rotatable bonds is 7. The Morgan fingerprint density at radius 2 is 2.32 bits per heavy atom. The van der Waals surface area contributed by atoms with Gasteiger partial charge >= 0.3 is 5.97 Å². The largest absolute Gasteiger partial charge is 0.466 e. The number of aliphatic hydroxyl groups is 1. The Kier molecular flexibility index (Phi) is 6.77. The molecule has 1 atom stereocenters. The Morgan fingerprint density at radius 1 is 1.58 bits per heavy atom. The fraction of sp³-hybridized carbons (Fsp3) is 0.462. The molecule has 19 heavy (non-hydrogen) atoms. The summed E-state index contributed by atoms with van der Waals surface area (Å²) in [5.41, 5.74) is 0.801. The van der Waals surface area contributed by atoms with Crippen LogP contribution in [0.2, 0.25) is 5.02 Å². The molecule has 0 amide bonds. The number of ether oxygens (including phenoxy) is 1. The Labute approximate surface area is 116 Å². The highest BCUT2D eigenvalue weighted by molar-refractivity contribution is 6.30. The molecule has 0 aliphatic rings. The average molecular weight is 290 g/mol. The van der Waals surface area contributed by atoms with Gasteiger partial charge in [0.1, 0.15) is 5.82 Å². The number of carbonyl (C=O) groups is 1. The molecule has 1 rings (SSSR count). The number of nitrogens with one attached hydrogen (secondary N) is 1. The van der Waals surface area contributed by atoms with Gasteiger partial charge in [0.25, 0.3) is 0 Å². The topological polar surface area (TPSA) is 58.6 Å². The van der Waals surface area contributed by atoms with E-state index in [1.807, 2.05) is 0 Å². The summed E-state index contributed by atoms with van der Waals surface area (Å²) < 4.78 is 17.6. The molecule has 0 fully saturated rings. The van der Waals surface area contributed by atoms with Gasteiger partial charge in [0.05, 0.1) is 24.2 Å². The molecule has 2 N–H and O–H groups in total. The quantitative estimate of drug-likeness (QED) is 0.753. The predicted octanol–water partition coefficient (Wildman–Crippen LogP) is 1.88. The predicted molar refractivity (Wildman–Crippen MR) is 70.4 cm³/mol. The highest BCUT2D eigenvalue weighted by atomic mass is 35.5. The van der Waals surface area contributed by atoms with E-state index in [4.69, 9.17) is 16.3 Å². The Morgan fingerprint density at radius 3 is 2.95 bits per heavy atom. The van der Waals surface area contributed by atoms with Crippen LogP contribution < -0.4 is 5.32 Å². The zero-order chi connectivity index (χ0) is 14.3. The zero-order valence-electron chi connectivity index (χ0n) is 10.7. The summed E-state index contributed by atoms with van der Waals surface area (Å²) in [4.78, 5) is 11.1. The van der Waals surface area contributed by atoms with E-state index in [0.29, 0.717) is 13.2 Å². The number of halogens is 2. The van der Waals surface area contributed by atoms with Gasteiger partial charge in [-0.15, -0.1) is 0 Å². The molecule has 4 nitrogen and oxygen atoms in total. The van der Waals surface area contributed by atoms with Gasteiger partial charge in [-0.05, 0) is 24.6 Å². The molecule has 6 heteroatoms. The van der Waals surface area contributed by atoms with Crippen LogP contribution in [-0.4, -0.2) is 30.3 Å². The maximum atomic E-state index is 12.9. The van der Waals surface area contributed by atoms with Crippen molar-refractivity contribution in [3.63, 3.8) is 0 Å². The van der Waals surface area contributed by atoms with E-state index >= 15 is 0 Å². The Hall–Kier alpha value is -1.17. The molecule has 106 valence electrons. The summed E-state index contributed by atoms with van der Waals surface area (Å²) >= 11 is 5.65. The highest BCUT2D eigenvalue weighted by Crippen LogP contribution is 2.15. The fourth-order valence-corrected chi connectivity index (χ4v) is 1.72. The van der Waals surface area contributed by atoms with Gasteiger partial charge in [-0.1, -0.05) is 17.7 Å². The Balaban J connectivity index is 2.29. The van der Waals surface area contributed by atoms with Crippen LogP contribution >= 0.6 is 11.6 Å². The van der Waals surface area contributed by atoms with Crippen molar-refractivity contribution in [1.82, 2.24) is 5.32 Å². The Bertz CT molecular complexity index is 428. The lowest BCUT2D eigenvalue weighted by molar-refractivity contribution is -0.145. The van der Waals surface area contributed by atoms with Crippen LogP contribution in [0.4, 0.5) is 4.39 Å². The van der Waals surface area contributed by atoms with Crippen molar-refractivity contribution in [3.05, 3.63) is 34.6 Å². The number of esters is 1. The molecule has 0 heterocycles. The molecule has 0 aliphatic carbocycles. The van der Waals surface area contributed by atoms with Gasteiger partial charge in [0.2, 0.25) is 0 Å². The molecule has 0 saturated heterocycles. The minimum absolute atomic E-state index is 0.0506. The summed E-state index contributed by atoms with van der Waals surface area (Å²) in [6.07, 6.45) is -0.861. The van der Waals surface area contributed by atoms with Crippen LogP contribution in [0.3, 0.4) is 0 Å². The first kappa shape index (κ1) is 15.9. The fourth-order valence-electron chi connectivity index (χ4n) is 1.52. The lowest BCUT2D eigenvalue weighted by atomic mass is 10.2. The second-order valence-corrected chi connectivity index (χ2v) is 4.45. The lowest BCUT2D eigenvalue weighted by Gasteiger charge is -2.11. The number of hydrogen-bond donors (Lipinski definition) is 2. The molecule has 0 saturated carbocycles. The van der Waals surface area contributed by atoms with Gasteiger partial charge in [-0.3, -0.25) is 4.79 Å². The zero-order valence-corrected chi connectivity index (χ0v) is 11.4. The molecule has 0 radical (unpaired) electrons. The first-order chi connectivity index (χ1) is 9.02. The van der Waals surface area contributed by atoms with Crippen molar-refractivity contribution in [2.45, 2.75) is 26.0 Å². The monoisotopic (exact) mass is 289 g/mol. The molecule has 1 aromatic rings. The first-order valence-electron chi connectivity index (χ1n) is 6.01. The molecule has 1 unspecified atom stereocenters. The van der Waals surface area contributed by atoms with Crippen molar-refractivity contribution < 1.29 is 19.0 Å². The minimum atomic E-state index is -0.810. The molecule has 0 spiro atoms. The summed E-state index contributed by atoms with van der Waals surface area (Å²) in [5, 5.41) is 12.6. The van der Waals surface area contributed by atoms with Crippen LogP contribution in [0.1, 0.15) is 18.9 Å². The van der Waals surface area contributed by atoms with Gasteiger partial charge in [-0.2, -0.15) is 0 Å². The lowest BCUT2D eigenvalue weighted by Crippen LogP contribution is -2.29. The molecule has 0 aliphatic heterocycles. The number of hydrogen-bond acceptors (Lipinski definition) is 4. The molecule has 0 aromatic heterocycles. The van der Waals surface area contributed by atoms with E-state index in [-0.39, 0.29) is 18.0 Å². The molecule has 0 bridgehead atoms. The molecular formula is C13H17ClFNO3. The van der Waals surface area contributed by atoms with Gasteiger partial charge in [-0.25, -0.2) is 4.39 Å². The summed E-state index contributed by atoms with van der Waals surface area (Å²) in [6, 6.07) is 4.40. The second kappa shape index (κ2) is 8.09. The maximum absolute atomic E-state index is 12.9. The van der Waals surface area contributed by atoms with Crippen molar-refractivity contribution in [2.75, 3.05) is 13.2 Å². The average Bonchev–Trinajstić information content (AvgIpc) is 2.34. The molecular weight excluding hydrogens is 273 g/mol. The van der Waals surface area contributed by atoms with Gasteiger partial charge in [0.15, 0.2) is 0 Å². The van der Waals surface area contributed by atoms with Gasteiger partial charge < -0.3 is 15.2 Å². The normalized spacial score (nSPS) is 12.2. The minimum Gasteiger partial charge on any atom is -0.466 e. The summed E-state index contributed by atoms with van der Waals surface area (Å²) in [6.45, 7) is 2.68. The second-order valence-electron chi connectivity index (χ2n) is 4.04. The maximum Gasteiger partial charge on any atom is 0.308 e. The van der Waals surface area contributed by atoms with E-state index in [1.165, 1.54) is 12.1 Å². The highest BCUT2D eigenvalue weighted by Gasteiger charge is 2.11. The van der Waals surface area contributed by atoms with Crippen molar-refractivity contribution in [3.8, 4) is 0 Å². The smallest absolute Gasteiger partial charge is 0.308 e. The van der Waals surface area contributed by atoms with Crippen molar-refractivity contribution in [2.24, 2.45) is 0 Å². The van der Waals surface area contributed by atoms with Crippen LogP contribution in [0.25, 0.3) is 0 Å². The van der Waals surface area contributed by atoms with E-state index in [0.717, 1.165) is 5.56 Å². The number of aliphatic hydroxyl groups excluding tert-OH is 1. The van der Waals surface area contributed by atoms with Crippen LogP contribution in [0, 0.1) is 5.82 Å². The van der Waals surface area contributed by atoms with E-state index in [1.54, 1.807) is 13.0 Å². The third-order valence-electron chi connectivity index (χ3n) is 2.40. The third-order valence-corrected chi connectivity index (χ3v) is 2.69. The van der Waals surface area contributed by atoms with E-state index in [2.05, 4.69) is 5.32 Å². The number of benzene rings is 1. The van der Waals surface area contributed by atoms with Crippen LogP contribution in [0.5, 0.6) is 0 Å². The van der Waals surface area contributed by atoms with E-state index < -0.39 is 17.9 Å². The van der Waals surface area contributed by atoms with Crippen molar-refractivity contribution >= 4 is 17.6 Å². The first-order valence-corrected chi connectivity index (χ1v) is 6.39. The molecule has 1 aromatic carbocycles. The van der Waals surface area contributed by atoms with Crippen molar-refractivity contribution in [1.29, 1.82) is 0 Å². The standard InChI is InChI=1S/C13H17ClFNO3/c1-2-19-13(18)6-10(17)8-16-7-9-3-4-12(15)11(14)5-9/h3-5,10,16-17H,2,6-8H2,1H3. The SMILES string of the molecule is CCOC(=O)CC(O)CNCc1ccc(F)c(Cl)c1. The number of carbonyl (C=O) groups excluding carboxylic acids is 1.